The number of carbonyl (C=O) groups is 1. The topological polar surface area (TPSA) is 86.3 Å². The quantitative estimate of drug-likeness (QED) is 0.731. The molecule has 0 aliphatic heterocycles. The number of rotatable bonds is 4. The minimum atomic E-state index is -0.352. The summed E-state index contributed by atoms with van der Waals surface area (Å²) in [6.45, 7) is 3.84. The first-order valence-electron chi connectivity index (χ1n) is 5.04. The van der Waals surface area contributed by atoms with Crippen LogP contribution in [-0.2, 0) is 0 Å². The largest absolute Gasteiger partial charge is 0.395 e. The van der Waals surface area contributed by atoms with Crippen molar-refractivity contribution >= 4 is 5.91 Å². The summed E-state index contributed by atoms with van der Waals surface area (Å²) >= 11 is 0. The van der Waals surface area contributed by atoms with E-state index in [4.69, 9.17) is 5.11 Å². The third-order valence-corrected chi connectivity index (χ3v) is 2.12. The molecule has 0 fully saturated rings. The summed E-state index contributed by atoms with van der Waals surface area (Å²) in [5, 5.41) is 14.7. The molecule has 88 valence electrons. The summed E-state index contributed by atoms with van der Waals surface area (Å²) in [7, 11) is 0. The van der Waals surface area contributed by atoms with Gasteiger partial charge < -0.3 is 10.0 Å². The first kappa shape index (κ1) is 12.4. The molecule has 0 spiro atoms. The zero-order valence-corrected chi connectivity index (χ0v) is 9.30. The Bertz CT molecular complexity index is 394. The van der Waals surface area contributed by atoms with Crippen LogP contribution in [0, 0.1) is 0 Å². The number of aromatic nitrogens is 2. The zero-order chi connectivity index (χ0) is 12.1. The first-order valence-corrected chi connectivity index (χ1v) is 5.04. The van der Waals surface area contributed by atoms with Crippen molar-refractivity contribution in [1.29, 1.82) is 0 Å². The fraction of sp³-hybridized carbons (Fsp3) is 0.500. The minimum absolute atomic E-state index is 0.0339. The Morgan fingerprint density at radius 1 is 1.56 bits per heavy atom. The minimum Gasteiger partial charge on any atom is -0.395 e. The van der Waals surface area contributed by atoms with Gasteiger partial charge in [0.05, 0.1) is 6.61 Å². The molecule has 1 rings (SSSR count). The Morgan fingerprint density at radius 3 is 2.69 bits per heavy atom. The molecule has 16 heavy (non-hydrogen) atoms. The van der Waals surface area contributed by atoms with Crippen LogP contribution in [0.4, 0.5) is 0 Å². The van der Waals surface area contributed by atoms with E-state index in [-0.39, 0.29) is 36.4 Å². The first-order chi connectivity index (χ1) is 7.56. The normalized spacial score (nSPS) is 10.5. The Morgan fingerprint density at radius 2 is 2.25 bits per heavy atom. The fourth-order valence-electron chi connectivity index (χ4n) is 1.31. The molecule has 0 atom stereocenters. The van der Waals surface area contributed by atoms with Crippen LogP contribution in [0.15, 0.2) is 16.9 Å². The van der Waals surface area contributed by atoms with Gasteiger partial charge in [0.25, 0.3) is 11.5 Å². The van der Waals surface area contributed by atoms with E-state index >= 15 is 0 Å². The van der Waals surface area contributed by atoms with Crippen molar-refractivity contribution < 1.29 is 9.90 Å². The van der Waals surface area contributed by atoms with E-state index in [0.717, 1.165) is 0 Å². The number of H-pyrrole nitrogens is 1. The number of amides is 1. The lowest BCUT2D eigenvalue weighted by Gasteiger charge is -2.25. The summed E-state index contributed by atoms with van der Waals surface area (Å²) in [5.74, 6) is -0.305. The highest BCUT2D eigenvalue weighted by atomic mass is 16.3. The molecular formula is C10H15N3O3. The predicted octanol–water partition coefficient (Wildman–Crippen LogP) is -0.387. The SMILES string of the molecule is CC(C)N(CCO)C(=O)c1ccc(=O)[nH]n1. The Labute approximate surface area is 92.9 Å². The smallest absolute Gasteiger partial charge is 0.274 e. The molecule has 0 saturated carbocycles. The summed E-state index contributed by atoms with van der Waals surface area (Å²) in [6, 6.07) is 2.58. The van der Waals surface area contributed by atoms with E-state index in [0.29, 0.717) is 0 Å². The van der Waals surface area contributed by atoms with Crippen LogP contribution in [0.25, 0.3) is 0 Å². The van der Waals surface area contributed by atoms with Crippen molar-refractivity contribution in [3.05, 3.63) is 28.2 Å². The van der Waals surface area contributed by atoms with Gasteiger partial charge in [-0.25, -0.2) is 5.10 Å². The van der Waals surface area contributed by atoms with Gasteiger partial charge >= 0.3 is 0 Å². The van der Waals surface area contributed by atoms with Crippen LogP contribution in [0.2, 0.25) is 0 Å². The highest BCUT2D eigenvalue weighted by molar-refractivity contribution is 5.92. The number of nitrogens with one attached hydrogen (secondary N) is 1. The van der Waals surface area contributed by atoms with Crippen LogP contribution in [-0.4, -0.2) is 45.3 Å². The average molecular weight is 225 g/mol. The highest BCUT2D eigenvalue weighted by Crippen LogP contribution is 2.04. The van der Waals surface area contributed by atoms with Crippen LogP contribution < -0.4 is 5.56 Å². The standard InChI is InChI=1S/C10H15N3O3/c1-7(2)13(5-6-14)10(16)8-3-4-9(15)12-11-8/h3-4,7,14H,5-6H2,1-2H3,(H,12,15). The Balaban J connectivity index is 2.90. The average Bonchev–Trinajstić information content (AvgIpc) is 2.25. The summed E-state index contributed by atoms with van der Waals surface area (Å²) < 4.78 is 0. The van der Waals surface area contributed by atoms with E-state index in [2.05, 4.69) is 10.2 Å². The molecule has 0 aliphatic rings. The van der Waals surface area contributed by atoms with Crippen molar-refractivity contribution in [2.45, 2.75) is 19.9 Å². The van der Waals surface area contributed by atoms with E-state index in [1.54, 1.807) is 0 Å². The second-order valence-corrected chi connectivity index (χ2v) is 3.62. The number of aliphatic hydroxyl groups is 1. The molecule has 0 unspecified atom stereocenters. The van der Waals surface area contributed by atoms with Crippen molar-refractivity contribution in [3.63, 3.8) is 0 Å². The van der Waals surface area contributed by atoms with Gasteiger partial charge in [0, 0.05) is 18.7 Å². The molecule has 1 aromatic rings. The third kappa shape index (κ3) is 2.90. The van der Waals surface area contributed by atoms with Gasteiger partial charge in [-0.05, 0) is 19.9 Å². The summed E-state index contributed by atoms with van der Waals surface area (Å²) in [5.41, 5.74) is -0.184. The lowest BCUT2D eigenvalue weighted by molar-refractivity contribution is 0.0658. The molecule has 0 aromatic carbocycles. The van der Waals surface area contributed by atoms with E-state index in [1.165, 1.54) is 17.0 Å². The summed E-state index contributed by atoms with van der Waals surface area (Å²) in [6.07, 6.45) is 0. The fourth-order valence-corrected chi connectivity index (χ4v) is 1.31. The molecule has 0 radical (unpaired) electrons. The lowest BCUT2D eigenvalue weighted by atomic mass is 10.2. The van der Waals surface area contributed by atoms with Crippen molar-refractivity contribution in [1.82, 2.24) is 15.1 Å². The monoisotopic (exact) mass is 225 g/mol. The molecule has 6 heteroatoms. The predicted molar refractivity (Wildman–Crippen MR) is 58.1 cm³/mol. The maximum atomic E-state index is 11.9. The molecule has 0 aliphatic carbocycles. The van der Waals surface area contributed by atoms with Gasteiger partial charge in [-0.1, -0.05) is 0 Å². The summed E-state index contributed by atoms with van der Waals surface area (Å²) in [4.78, 5) is 24.2. The highest BCUT2D eigenvalue weighted by Gasteiger charge is 2.19. The molecule has 0 bridgehead atoms. The molecule has 1 aromatic heterocycles. The van der Waals surface area contributed by atoms with Crippen LogP contribution in [0.5, 0.6) is 0 Å². The Hall–Kier alpha value is -1.69. The van der Waals surface area contributed by atoms with Gasteiger partial charge in [0.15, 0.2) is 0 Å². The van der Waals surface area contributed by atoms with E-state index in [1.807, 2.05) is 13.8 Å². The number of carbonyl (C=O) groups excluding carboxylic acids is 1. The van der Waals surface area contributed by atoms with E-state index < -0.39 is 0 Å². The van der Waals surface area contributed by atoms with Crippen molar-refractivity contribution in [3.8, 4) is 0 Å². The molecular weight excluding hydrogens is 210 g/mol. The van der Waals surface area contributed by atoms with Gasteiger partial charge in [-0.3, -0.25) is 9.59 Å². The number of hydrogen-bond donors (Lipinski definition) is 2. The zero-order valence-electron chi connectivity index (χ0n) is 9.30. The molecule has 0 saturated heterocycles. The third-order valence-electron chi connectivity index (χ3n) is 2.12. The van der Waals surface area contributed by atoms with Crippen LogP contribution in [0.3, 0.4) is 0 Å². The molecule has 1 heterocycles. The molecule has 6 nitrogen and oxygen atoms in total. The van der Waals surface area contributed by atoms with E-state index in [9.17, 15) is 9.59 Å². The molecule has 1 amide bonds. The number of aliphatic hydroxyl groups excluding tert-OH is 1. The number of hydrogen-bond acceptors (Lipinski definition) is 4. The van der Waals surface area contributed by atoms with Crippen LogP contribution >= 0.6 is 0 Å². The lowest BCUT2D eigenvalue weighted by Crippen LogP contribution is -2.39. The van der Waals surface area contributed by atoms with Crippen molar-refractivity contribution in [2.75, 3.05) is 13.2 Å². The van der Waals surface area contributed by atoms with Gasteiger partial charge in [-0.15, -0.1) is 0 Å². The maximum absolute atomic E-state index is 11.9. The second kappa shape index (κ2) is 5.41. The number of nitrogens with zero attached hydrogens (tertiary/aromatic N) is 2. The van der Waals surface area contributed by atoms with Crippen LogP contribution in [0.1, 0.15) is 24.3 Å². The maximum Gasteiger partial charge on any atom is 0.274 e. The van der Waals surface area contributed by atoms with Crippen molar-refractivity contribution in [2.24, 2.45) is 0 Å². The van der Waals surface area contributed by atoms with Gasteiger partial charge in [-0.2, -0.15) is 5.10 Å². The second-order valence-electron chi connectivity index (χ2n) is 3.62. The Kier molecular flexibility index (Phi) is 4.19. The van der Waals surface area contributed by atoms with Gasteiger partial charge in [0.1, 0.15) is 5.69 Å². The number of aromatic amines is 1. The molecule has 2 N–H and O–H groups in total. The van der Waals surface area contributed by atoms with Gasteiger partial charge in [0.2, 0.25) is 0 Å².